The summed E-state index contributed by atoms with van der Waals surface area (Å²) in [5.74, 6) is -1.23. The highest BCUT2D eigenvalue weighted by atomic mass is 16.5. The number of benzene rings is 3. The van der Waals surface area contributed by atoms with Crippen LogP contribution in [-0.2, 0) is 21.4 Å². The molecular weight excluding hydrogens is 640 g/mol. The number of carboxylic acids is 1. The smallest absolute Gasteiger partial charge is 0.326 e. The van der Waals surface area contributed by atoms with Gasteiger partial charge in [0.2, 0.25) is 5.91 Å². The van der Waals surface area contributed by atoms with Gasteiger partial charge in [0.15, 0.2) is 11.6 Å². The second-order valence-corrected chi connectivity index (χ2v) is 14.1. The second kappa shape index (κ2) is 18.9. The minimum atomic E-state index is -1.17. The molecule has 0 bridgehead atoms. The molecule has 0 saturated heterocycles. The summed E-state index contributed by atoms with van der Waals surface area (Å²) in [6, 6.07) is 21.8. The second-order valence-electron chi connectivity index (χ2n) is 14.1. The van der Waals surface area contributed by atoms with Gasteiger partial charge in [0.05, 0.1) is 6.61 Å². The molecule has 51 heavy (non-hydrogen) atoms. The molecule has 1 aromatic heterocycles. The number of nitrogens with zero attached hydrogens (tertiary/aromatic N) is 2. The molecule has 0 spiro atoms. The fourth-order valence-electron chi connectivity index (χ4n) is 5.81. The van der Waals surface area contributed by atoms with Crippen LogP contribution in [0.1, 0.15) is 94.1 Å². The summed E-state index contributed by atoms with van der Waals surface area (Å²) in [6.45, 7) is 9.34. The number of carboxylic acid groups (broad SMARTS) is 1. The van der Waals surface area contributed by atoms with E-state index < -0.39 is 23.8 Å². The van der Waals surface area contributed by atoms with Gasteiger partial charge < -0.3 is 20.9 Å². The lowest BCUT2D eigenvalue weighted by Crippen LogP contribution is -2.45. The number of ether oxygens (including phenoxy) is 1. The Kier molecular flexibility index (Phi) is 14.4. The van der Waals surface area contributed by atoms with Crippen molar-refractivity contribution in [1.29, 1.82) is 0 Å². The molecule has 270 valence electrons. The lowest BCUT2D eigenvalue weighted by Gasteiger charge is -2.21. The molecule has 0 aliphatic heterocycles. The Balaban J connectivity index is 1.42. The van der Waals surface area contributed by atoms with Crippen molar-refractivity contribution >= 4 is 17.7 Å². The minimum absolute atomic E-state index is 0.0627. The predicted molar refractivity (Wildman–Crippen MR) is 202 cm³/mol. The maximum Gasteiger partial charge on any atom is 0.326 e. The average molecular weight is 693 g/mol. The van der Waals surface area contributed by atoms with Crippen molar-refractivity contribution in [1.82, 2.24) is 15.3 Å². The summed E-state index contributed by atoms with van der Waals surface area (Å²) in [6.07, 6.45) is 9.84. The maximum absolute atomic E-state index is 13.4. The van der Waals surface area contributed by atoms with Gasteiger partial charge in [-0.3, -0.25) is 9.59 Å². The van der Waals surface area contributed by atoms with Gasteiger partial charge in [-0.15, -0.1) is 0 Å². The molecule has 2 atom stereocenters. The largest absolute Gasteiger partial charge is 0.494 e. The Morgan fingerprint density at radius 2 is 1.45 bits per heavy atom. The van der Waals surface area contributed by atoms with Crippen LogP contribution in [0, 0.1) is 5.92 Å². The first kappa shape index (κ1) is 38.9. The van der Waals surface area contributed by atoms with Crippen molar-refractivity contribution in [3.05, 3.63) is 102 Å². The van der Waals surface area contributed by atoms with Gasteiger partial charge in [-0.1, -0.05) is 114 Å². The van der Waals surface area contributed by atoms with E-state index in [9.17, 15) is 19.5 Å². The van der Waals surface area contributed by atoms with Crippen molar-refractivity contribution in [2.24, 2.45) is 11.7 Å². The zero-order valence-electron chi connectivity index (χ0n) is 30.4. The molecule has 4 aromatic rings. The van der Waals surface area contributed by atoms with E-state index in [1.807, 2.05) is 60.7 Å². The summed E-state index contributed by atoms with van der Waals surface area (Å²) in [5.41, 5.74) is 10.6. The third-order valence-electron chi connectivity index (χ3n) is 9.00. The average Bonchev–Trinajstić information content (AvgIpc) is 3.13. The molecule has 0 aliphatic carbocycles. The molecule has 4 rings (SSSR count). The monoisotopic (exact) mass is 692 g/mol. The maximum atomic E-state index is 13.4. The number of nitrogens with one attached hydrogen (secondary N) is 1. The number of carbonyl (C=O) groups is 3. The normalized spacial score (nSPS) is 12.6. The van der Waals surface area contributed by atoms with E-state index in [0.717, 1.165) is 46.6 Å². The number of carbonyl (C=O) groups excluding carboxylic acids is 2. The van der Waals surface area contributed by atoms with Crippen LogP contribution in [0.25, 0.3) is 22.5 Å². The van der Waals surface area contributed by atoms with E-state index in [0.29, 0.717) is 11.4 Å². The zero-order chi connectivity index (χ0) is 36.8. The predicted octanol–water partition coefficient (Wildman–Crippen LogP) is 7.81. The van der Waals surface area contributed by atoms with Crippen molar-refractivity contribution in [2.45, 2.75) is 90.5 Å². The Morgan fingerprint density at radius 1 is 0.824 bits per heavy atom. The van der Waals surface area contributed by atoms with Crippen molar-refractivity contribution < 1.29 is 24.2 Å². The molecule has 0 unspecified atom stereocenters. The molecule has 9 heteroatoms. The molecule has 0 radical (unpaired) electrons. The van der Waals surface area contributed by atoms with Crippen LogP contribution in [0.15, 0.2) is 85.2 Å². The lowest BCUT2D eigenvalue weighted by molar-refractivity contribution is -0.142. The number of hydrogen-bond donors (Lipinski definition) is 3. The first-order chi connectivity index (χ1) is 24.5. The van der Waals surface area contributed by atoms with Crippen LogP contribution in [0.3, 0.4) is 0 Å². The Morgan fingerprint density at radius 3 is 2.04 bits per heavy atom. The van der Waals surface area contributed by atoms with Gasteiger partial charge in [-0.25, -0.2) is 14.8 Å². The van der Waals surface area contributed by atoms with Crippen LogP contribution in [0.5, 0.6) is 5.75 Å². The number of ketones is 1. The van der Waals surface area contributed by atoms with Crippen LogP contribution in [0.4, 0.5) is 0 Å². The first-order valence-corrected chi connectivity index (χ1v) is 18.0. The molecule has 9 nitrogen and oxygen atoms in total. The number of hydrogen-bond acceptors (Lipinski definition) is 7. The highest BCUT2D eigenvalue weighted by Crippen LogP contribution is 2.26. The molecule has 0 aliphatic rings. The van der Waals surface area contributed by atoms with Crippen LogP contribution in [0.2, 0.25) is 0 Å². The number of amides is 1. The minimum Gasteiger partial charge on any atom is -0.494 e. The Bertz CT molecular complexity index is 1700. The number of unbranched alkanes of at least 4 members (excludes halogenated alkanes) is 4. The standard InChI is InChI=1S/C42H52N4O5/c1-5-6-7-8-9-24-51-36-20-16-30(17-21-36)34-27-44-39(45-28-34)32-12-10-29(11-13-32)25-33(40(48)46-37(22-23-43)41(49)50)26-38(47)31-14-18-35(19-15-31)42(2,3)4/h10-21,27-28,33,37H,5-9,22-26,43H2,1-4H3,(H,46,48)(H,49,50)/t33-,37+/m1/s1. The van der Waals surface area contributed by atoms with E-state index in [2.05, 4.69) is 43.0 Å². The van der Waals surface area contributed by atoms with Gasteiger partial charge in [-0.2, -0.15) is 0 Å². The van der Waals surface area contributed by atoms with E-state index in [4.69, 9.17) is 10.5 Å². The molecule has 0 saturated carbocycles. The van der Waals surface area contributed by atoms with Crippen LogP contribution >= 0.6 is 0 Å². The van der Waals surface area contributed by atoms with Gasteiger partial charge in [0.25, 0.3) is 0 Å². The Labute approximate surface area is 302 Å². The first-order valence-electron chi connectivity index (χ1n) is 18.0. The van der Waals surface area contributed by atoms with Gasteiger partial charge in [0, 0.05) is 41.4 Å². The number of Topliss-reactive ketones (excluding diaryl/α,β-unsaturated/α-hetero) is 1. The van der Waals surface area contributed by atoms with Gasteiger partial charge >= 0.3 is 5.97 Å². The molecule has 1 heterocycles. The topological polar surface area (TPSA) is 144 Å². The van der Waals surface area contributed by atoms with Gasteiger partial charge in [-0.05, 0) is 60.0 Å². The summed E-state index contributed by atoms with van der Waals surface area (Å²) in [7, 11) is 0. The fourth-order valence-corrected chi connectivity index (χ4v) is 5.81. The fraction of sp³-hybridized carbons (Fsp3) is 0.405. The molecule has 4 N–H and O–H groups in total. The van der Waals surface area contributed by atoms with Gasteiger partial charge in [0.1, 0.15) is 11.8 Å². The lowest BCUT2D eigenvalue weighted by atomic mass is 9.85. The summed E-state index contributed by atoms with van der Waals surface area (Å²) >= 11 is 0. The number of rotatable bonds is 19. The zero-order valence-corrected chi connectivity index (χ0v) is 30.4. The van der Waals surface area contributed by atoms with Crippen molar-refractivity contribution in [2.75, 3.05) is 13.2 Å². The number of aliphatic carboxylic acids is 1. The number of nitrogens with two attached hydrogens (primary N) is 1. The highest BCUT2D eigenvalue weighted by molar-refractivity contribution is 5.99. The third kappa shape index (κ3) is 11.9. The highest BCUT2D eigenvalue weighted by Gasteiger charge is 2.28. The third-order valence-corrected chi connectivity index (χ3v) is 9.00. The van der Waals surface area contributed by atoms with E-state index in [1.54, 1.807) is 24.5 Å². The number of aromatic nitrogens is 2. The Hall–Kier alpha value is -4.89. The van der Waals surface area contributed by atoms with Crippen LogP contribution < -0.4 is 15.8 Å². The van der Waals surface area contributed by atoms with Crippen LogP contribution in [-0.4, -0.2) is 51.9 Å². The summed E-state index contributed by atoms with van der Waals surface area (Å²) < 4.78 is 5.89. The molecule has 0 fully saturated rings. The molecule has 3 aromatic carbocycles. The van der Waals surface area contributed by atoms with E-state index in [1.165, 1.54) is 25.7 Å². The summed E-state index contributed by atoms with van der Waals surface area (Å²) in [4.78, 5) is 47.8. The summed E-state index contributed by atoms with van der Waals surface area (Å²) in [5, 5.41) is 12.2. The SMILES string of the molecule is CCCCCCCOc1ccc(-c2cnc(-c3ccc(C[C@H](CC(=O)c4ccc(C(C)(C)C)cc4)C(=O)N[C@@H](CCN)C(=O)O)cc3)nc2)cc1. The van der Waals surface area contributed by atoms with E-state index >= 15 is 0 Å². The molecular formula is C42H52N4O5. The van der Waals surface area contributed by atoms with Crippen molar-refractivity contribution in [3.8, 4) is 28.3 Å². The molecule has 1 amide bonds. The van der Waals surface area contributed by atoms with E-state index in [-0.39, 0.29) is 37.0 Å². The van der Waals surface area contributed by atoms with Crippen molar-refractivity contribution in [3.63, 3.8) is 0 Å². The quantitative estimate of drug-likeness (QED) is 0.0667.